The summed E-state index contributed by atoms with van der Waals surface area (Å²) in [6, 6.07) is 15.0. The zero-order chi connectivity index (χ0) is 21.8. The van der Waals surface area contributed by atoms with Crippen molar-refractivity contribution in [3.05, 3.63) is 65.5 Å². The number of ether oxygens (including phenoxy) is 1. The van der Waals surface area contributed by atoms with Crippen LogP contribution < -0.4 is 10.1 Å². The van der Waals surface area contributed by atoms with Crippen molar-refractivity contribution >= 4 is 5.91 Å². The summed E-state index contributed by atoms with van der Waals surface area (Å²) in [4.78, 5) is 15.0. The number of hydrogen-bond donors (Lipinski definition) is 1. The highest BCUT2D eigenvalue weighted by Crippen LogP contribution is 2.46. The van der Waals surface area contributed by atoms with E-state index < -0.39 is 0 Å². The Bertz CT molecular complexity index is 889. The van der Waals surface area contributed by atoms with Crippen LogP contribution in [-0.2, 0) is 11.3 Å². The number of benzene rings is 2. The van der Waals surface area contributed by atoms with Crippen LogP contribution in [0.25, 0.3) is 0 Å². The summed E-state index contributed by atoms with van der Waals surface area (Å²) < 4.78 is 19.8. The number of para-hydroxylation sites is 1. The Hall–Kier alpha value is -2.40. The van der Waals surface area contributed by atoms with E-state index in [0.717, 1.165) is 55.8 Å². The third-order valence-corrected chi connectivity index (χ3v) is 6.53. The summed E-state index contributed by atoms with van der Waals surface area (Å²) in [6.45, 7) is 7.64. The van der Waals surface area contributed by atoms with E-state index in [4.69, 9.17) is 4.74 Å². The van der Waals surface area contributed by atoms with Crippen LogP contribution >= 0.6 is 0 Å². The zero-order valence-corrected chi connectivity index (χ0v) is 18.6. The quantitative estimate of drug-likeness (QED) is 0.718. The molecule has 2 aromatic carbocycles. The number of nitrogens with one attached hydrogen (secondary N) is 1. The number of nitrogens with zero attached hydrogens (tertiary/aromatic N) is 1. The molecule has 1 saturated heterocycles. The van der Waals surface area contributed by atoms with Crippen LogP contribution in [0.1, 0.15) is 56.6 Å². The number of rotatable bonds is 6. The number of hydrogen-bond acceptors (Lipinski definition) is 3. The lowest BCUT2D eigenvalue weighted by atomic mass is 9.76. The van der Waals surface area contributed by atoms with E-state index in [9.17, 15) is 9.18 Å². The van der Waals surface area contributed by atoms with Crippen LogP contribution in [0.4, 0.5) is 4.39 Å². The molecular weight excluding hydrogens is 391 g/mol. The van der Waals surface area contributed by atoms with Crippen LogP contribution in [0.2, 0.25) is 0 Å². The molecule has 1 amide bonds. The molecule has 4 rings (SSSR count). The Kier molecular flexibility index (Phi) is 6.61. The van der Waals surface area contributed by atoms with Gasteiger partial charge in [0.25, 0.3) is 0 Å². The Morgan fingerprint density at radius 1 is 1.16 bits per heavy atom. The lowest BCUT2D eigenvalue weighted by Crippen LogP contribution is -2.50. The molecule has 1 fully saturated rings. The fraction of sp³-hybridized carbons (Fsp3) is 0.500. The monoisotopic (exact) mass is 424 g/mol. The van der Waals surface area contributed by atoms with Gasteiger partial charge in [-0.3, -0.25) is 9.69 Å². The summed E-state index contributed by atoms with van der Waals surface area (Å²) in [5.41, 5.74) is 2.07. The van der Waals surface area contributed by atoms with Crippen molar-refractivity contribution in [3.63, 3.8) is 0 Å². The second kappa shape index (κ2) is 9.39. The van der Waals surface area contributed by atoms with Crippen LogP contribution in [0.15, 0.2) is 48.5 Å². The second-order valence-electron chi connectivity index (χ2n) is 9.53. The Morgan fingerprint density at radius 3 is 2.58 bits per heavy atom. The molecule has 2 aliphatic rings. The number of piperidine rings is 1. The maximum absolute atomic E-state index is 13.2. The van der Waals surface area contributed by atoms with Gasteiger partial charge in [-0.25, -0.2) is 4.39 Å². The van der Waals surface area contributed by atoms with Gasteiger partial charge in [0.2, 0.25) is 5.91 Å². The molecule has 2 heterocycles. The summed E-state index contributed by atoms with van der Waals surface area (Å²) >= 11 is 0. The van der Waals surface area contributed by atoms with E-state index in [2.05, 4.69) is 30.1 Å². The minimum Gasteiger partial charge on any atom is -0.487 e. The minimum absolute atomic E-state index is 0.124. The number of amides is 1. The normalized spacial score (nSPS) is 20.3. The van der Waals surface area contributed by atoms with Gasteiger partial charge in [-0.2, -0.15) is 0 Å². The van der Waals surface area contributed by atoms with Gasteiger partial charge < -0.3 is 10.1 Å². The largest absolute Gasteiger partial charge is 0.487 e. The molecular formula is C26H33FN2O2. The molecule has 166 valence electrons. The van der Waals surface area contributed by atoms with Gasteiger partial charge in [-0.05, 0) is 54.5 Å². The highest BCUT2D eigenvalue weighted by molar-refractivity contribution is 5.77. The topological polar surface area (TPSA) is 41.6 Å². The SMILES string of the molecule is CC(C)CNC(=O)C[C@H]1CC2(CCN(Cc3ccc(F)cc3)CC2)Oc2ccccc21. The first kappa shape index (κ1) is 21.8. The highest BCUT2D eigenvalue weighted by atomic mass is 19.1. The third-order valence-electron chi connectivity index (χ3n) is 6.53. The average Bonchev–Trinajstić information content (AvgIpc) is 2.76. The number of fused-ring (bicyclic) bond motifs is 1. The van der Waals surface area contributed by atoms with Crippen molar-refractivity contribution in [1.82, 2.24) is 10.2 Å². The molecule has 2 aliphatic heterocycles. The molecule has 2 aromatic rings. The van der Waals surface area contributed by atoms with Gasteiger partial charge in [-0.15, -0.1) is 0 Å². The molecule has 0 radical (unpaired) electrons. The Labute approximate surface area is 184 Å². The smallest absolute Gasteiger partial charge is 0.220 e. The molecule has 0 aliphatic carbocycles. The minimum atomic E-state index is -0.212. The fourth-order valence-electron chi connectivity index (χ4n) is 4.81. The highest BCUT2D eigenvalue weighted by Gasteiger charge is 2.43. The predicted molar refractivity (Wildman–Crippen MR) is 121 cm³/mol. The molecule has 1 N–H and O–H groups in total. The first-order valence-electron chi connectivity index (χ1n) is 11.4. The van der Waals surface area contributed by atoms with E-state index >= 15 is 0 Å². The van der Waals surface area contributed by atoms with Crippen LogP contribution in [-0.4, -0.2) is 36.0 Å². The number of halogens is 1. The molecule has 4 nitrogen and oxygen atoms in total. The lowest BCUT2D eigenvalue weighted by molar-refractivity contribution is -0.122. The van der Waals surface area contributed by atoms with Crippen LogP contribution in [0.3, 0.4) is 0 Å². The number of carbonyl (C=O) groups is 1. The Balaban J connectivity index is 1.42. The standard InChI is InChI=1S/C26H33FN2O2/c1-19(2)17-28-25(30)15-21-16-26(31-24-6-4-3-5-23(21)24)11-13-29(14-12-26)18-20-7-9-22(27)10-8-20/h3-10,19,21H,11-18H2,1-2H3,(H,28,30)/t21-/m0/s1. The van der Waals surface area contributed by atoms with Gasteiger partial charge in [-0.1, -0.05) is 44.2 Å². The van der Waals surface area contributed by atoms with E-state index in [-0.39, 0.29) is 23.2 Å². The maximum atomic E-state index is 13.2. The molecule has 0 unspecified atom stereocenters. The van der Waals surface area contributed by atoms with Gasteiger partial charge in [0.05, 0.1) is 0 Å². The maximum Gasteiger partial charge on any atom is 0.220 e. The zero-order valence-electron chi connectivity index (χ0n) is 18.6. The lowest BCUT2D eigenvalue weighted by Gasteiger charge is -2.47. The molecule has 5 heteroatoms. The first-order valence-corrected chi connectivity index (χ1v) is 11.4. The van der Waals surface area contributed by atoms with E-state index in [1.54, 1.807) is 0 Å². The van der Waals surface area contributed by atoms with E-state index in [1.807, 2.05) is 30.3 Å². The molecule has 1 spiro atoms. The number of carbonyl (C=O) groups excluding carboxylic acids is 1. The number of likely N-dealkylation sites (tertiary alicyclic amines) is 1. The average molecular weight is 425 g/mol. The summed E-state index contributed by atoms with van der Waals surface area (Å²) in [6.07, 6.45) is 3.26. The summed E-state index contributed by atoms with van der Waals surface area (Å²) in [7, 11) is 0. The first-order chi connectivity index (χ1) is 14.9. The van der Waals surface area contributed by atoms with Crippen LogP contribution in [0.5, 0.6) is 5.75 Å². The van der Waals surface area contributed by atoms with Crippen molar-refractivity contribution < 1.29 is 13.9 Å². The fourth-order valence-corrected chi connectivity index (χ4v) is 4.81. The summed E-state index contributed by atoms with van der Waals surface area (Å²) in [5, 5.41) is 3.08. The molecule has 31 heavy (non-hydrogen) atoms. The molecule has 0 bridgehead atoms. The Morgan fingerprint density at radius 2 is 1.87 bits per heavy atom. The van der Waals surface area contributed by atoms with Crippen molar-refractivity contribution in [2.45, 2.75) is 57.6 Å². The van der Waals surface area contributed by atoms with Gasteiger partial charge in [0.15, 0.2) is 0 Å². The van der Waals surface area contributed by atoms with Crippen molar-refractivity contribution in [1.29, 1.82) is 0 Å². The molecule has 1 atom stereocenters. The predicted octanol–water partition coefficient (Wildman–Crippen LogP) is 4.89. The summed E-state index contributed by atoms with van der Waals surface area (Å²) in [5.74, 6) is 1.49. The van der Waals surface area contributed by atoms with Crippen molar-refractivity contribution in [2.24, 2.45) is 5.92 Å². The van der Waals surface area contributed by atoms with Crippen molar-refractivity contribution in [3.8, 4) is 5.75 Å². The second-order valence-corrected chi connectivity index (χ2v) is 9.53. The third kappa shape index (κ3) is 5.45. The van der Waals surface area contributed by atoms with Crippen molar-refractivity contribution in [2.75, 3.05) is 19.6 Å². The van der Waals surface area contributed by atoms with Gasteiger partial charge in [0.1, 0.15) is 17.2 Å². The van der Waals surface area contributed by atoms with E-state index in [1.165, 1.54) is 12.1 Å². The van der Waals surface area contributed by atoms with Gasteiger partial charge >= 0.3 is 0 Å². The van der Waals surface area contributed by atoms with E-state index in [0.29, 0.717) is 18.9 Å². The van der Waals surface area contributed by atoms with Crippen LogP contribution in [0, 0.1) is 11.7 Å². The van der Waals surface area contributed by atoms with Gasteiger partial charge in [0, 0.05) is 38.5 Å². The molecule has 0 saturated carbocycles. The molecule has 0 aromatic heterocycles.